The molecule has 0 aliphatic heterocycles. The van der Waals surface area contributed by atoms with E-state index >= 15 is 0 Å². The highest BCUT2D eigenvalue weighted by molar-refractivity contribution is 7.89. The highest BCUT2D eigenvalue weighted by Gasteiger charge is 2.61. The molecule has 0 spiro atoms. The molecule has 0 saturated heterocycles. The highest BCUT2D eigenvalue weighted by Crippen LogP contribution is 2.65. The summed E-state index contributed by atoms with van der Waals surface area (Å²) in [6, 6.07) is 0.103. The Bertz CT molecular complexity index is 421. The number of rotatable bonds is 5. The number of fused-ring (bicyclic) bond motifs is 2. The average molecular weight is 294 g/mol. The van der Waals surface area contributed by atoms with Gasteiger partial charge in [-0.25, -0.2) is 13.1 Å². The molecule has 1 N–H and O–H groups in total. The lowest BCUT2D eigenvalue weighted by atomic mass is 9.69. The molecule has 106 valence electrons. The van der Waals surface area contributed by atoms with E-state index in [1.807, 2.05) is 0 Å². The minimum absolute atomic E-state index is 0.103. The van der Waals surface area contributed by atoms with Gasteiger partial charge in [0.25, 0.3) is 0 Å². The van der Waals surface area contributed by atoms with Crippen LogP contribution in [0.15, 0.2) is 0 Å². The van der Waals surface area contributed by atoms with Gasteiger partial charge in [0.05, 0.1) is 5.75 Å². The molecule has 3 atom stereocenters. The molecule has 5 heteroatoms. The van der Waals surface area contributed by atoms with Crippen molar-refractivity contribution in [3.63, 3.8) is 0 Å². The minimum atomic E-state index is -3.17. The monoisotopic (exact) mass is 293 g/mol. The van der Waals surface area contributed by atoms with Crippen molar-refractivity contribution in [3.05, 3.63) is 0 Å². The van der Waals surface area contributed by atoms with Crippen molar-refractivity contribution in [1.29, 1.82) is 0 Å². The number of sulfonamides is 1. The first-order valence-corrected chi connectivity index (χ1v) is 8.97. The number of alkyl halides is 1. The van der Waals surface area contributed by atoms with Crippen LogP contribution in [0, 0.1) is 16.7 Å². The third-order valence-corrected chi connectivity index (χ3v) is 7.40. The normalized spacial score (nSPS) is 38.2. The van der Waals surface area contributed by atoms with Crippen LogP contribution in [0.4, 0.5) is 0 Å². The molecular formula is C13H24ClNO2S. The van der Waals surface area contributed by atoms with Crippen LogP contribution in [0.3, 0.4) is 0 Å². The summed E-state index contributed by atoms with van der Waals surface area (Å²) in [5.74, 6) is 1.20. The SMILES string of the molecule is CC1(C)C2CCC1(C)C(NS(=O)(=O)CCCCl)C2. The van der Waals surface area contributed by atoms with E-state index in [1.165, 1.54) is 6.42 Å². The van der Waals surface area contributed by atoms with Crippen LogP contribution < -0.4 is 4.72 Å². The Hall–Kier alpha value is 0.200. The molecule has 0 aromatic carbocycles. The Balaban J connectivity index is 2.09. The standard InChI is InChI=1S/C13H24ClNO2S/c1-12(2)10-5-6-13(12,3)11(9-10)15-18(16,17)8-4-7-14/h10-11,15H,4-9H2,1-3H3. The zero-order chi connectivity index (χ0) is 13.6. The molecule has 2 rings (SSSR count). The summed E-state index contributed by atoms with van der Waals surface area (Å²) in [6.07, 6.45) is 3.88. The molecule has 18 heavy (non-hydrogen) atoms. The van der Waals surface area contributed by atoms with Gasteiger partial charge in [-0.15, -0.1) is 11.6 Å². The second-order valence-electron chi connectivity index (χ2n) is 6.64. The maximum absolute atomic E-state index is 12.0. The quantitative estimate of drug-likeness (QED) is 0.792. The van der Waals surface area contributed by atoms with Crippen LogP contribution in [0.2, 0.25) is 0 Å². The summed E-state index contributed by atoms with van der Waals surface area (Å²) >= 11 is 5.57. The fourth-order valence-corrected chi connectivity index (χ4v) is 5.63. The van der Waals surface area contributed by atoms with Crippen LogP contribution in [-0.4, -0.2) is 26.1 Å². The van der Waals surface area contributed by atoms with Crippen molar-refractivity contribution in [2.24, 2.45) is 16.7 Å². The van der Waals surface area contributed by atoms with Gasteiger partial charge in [0.15, 0.2) is 0 Å². The van der Waals surface area contributed by atoms with E-state index in [1.54, 1.807) is 0 Å². The molecule has 3 unspecified atom stereocenters. The van der Waals surface area contributed by atoms with Crippen LogP contribution in [0.25, 0.3) is 0 Å². The lowest BCUT2D eigenvalue weighted by Gasteiger charge is -2.39. The van der Waals surface area contributed by atoms with Crippen LogP contribution >= 0.6 is 11.6 Å². The summed E-state index contributed by atoms with van der Waals surface area (Å²) < 4.78 is 26.9. The van der Waals surface area contributed by atoms with E-state index in [4.69, 9.17) is 11.6 Å². The fourth-order valence-electron chi connectivity index (χ4n) is 3.90. The molecule has 0 radical (unpaired) electrons. The van der Waals surface area contributed by atoms with E-state index in [2.05, 4.69) is 25.5 Å². The topological polar surface area (TPSA) is 46.2 Å². The maximum Gasteiger partial charge on any atom is 0.211 e. The molecule has 2 aliphatic rings. The van der Waals surface area contributed by atoms with E-state index < -0.39 is 10.0 Å². The van der Waals surface area contributed by atoms with Gasteiger partial charge in [0.2, 0.25) is 10.0 Å². The van der Waals surface area contributed by atoms with Crippen molar-refractivity contribution in [1.82, 2.24) is 4.72 Å². The van der Waals surface area contributed by atoms with E-state index in [9.17, 15) is 8.42 Å². The lowest BCUT2D eigenvalue weighted by molar-refractivity contribution is 0.130. The van der Waals surface area contributed by atoms with Crippen molar-refractivity contribution in [2.45, 2.75) is 52.5 Å². The second-order valence-corrected chi connectivity index (χ2v) is 8.89. The molecule has 2 fully saturated rings. The smallest absolute Gasteiger partial charge is 0.211 e. The van der Waals surface area contributed by atoms with Crippen molar-refractivity contribution in [3.8, 4) is 0 Å². The molecule has 2 aliphatic carbocycles. The van der Waals surface area contributed by atoms with Crippen molar-refractivity contribution >= 4 is 21.6 Å². The highest BCUT2D eigenvalue weighted by atomic mass is 35.5. The summed E-state index contributed by atoms with van der Waals surface area (Å²) in [6.45, 7) is 6.82. The Morgan fingerprint density at radius 2 is 2.00 bits per heavy atom. The van der Waals surface area contributed by atoms with Crippen LogP contribution in [-0.2, 0) is 10.0 Å². The molecule has 2 bridgehead atoms. The minimum Gasteiger partial charge on any atom is -0.212 e. The average Bonchev–Trinajstić information content (AvgIpc) is 2.59. The first-order valence-electron chi connectivity index (χ1n) is 6.79. The van der Waals surface area contributed by atoms with Crippen LogP contribution in [0.5, 0.6) is 0 Å². The molecular weight excluding hydrogens is 270 g/mol. The van der Waals surface area contributed by atoms with Gasteiger partial charge >= 0.3 is 0 Å². The van der Waals surface area contributed by atoms with Crippen molar-refractivity contribution < 1.29 is 8.42 Å². The third-order valence-electron chi connectivity index (χ3n) is 5.66. The molecule has 0 amide bonds. The van der Waals surface area contributed by atoms with E-state index in [0.29, 0.717) is 18.2 Å². The Kier molecular flexibility index (Phi) is 3.76. The van der Waals surface area contributed by atoms with Gasteiger partial charge in [0.1, 0.15) is 0 Å². The second kappa shape index (κ2) is 4.64. The Labute approximate surface area is 116 Å². The van der Waals surface area contributed by atoms with Gasteiger partial charge in [-0.3, -0.25) is 0 Å². The van der Waals surface area contributed by atoms with E-state index in [0.717, 1.165) is 12.8 Å². The first-order chi connectivity index (χ1) is 8.23. The number of hydrogen-bond donors (Lipinski definition) is 1. The van der Waals surface area contributed by atoms with Gasteiger partial charge in [0, 0.05) is 11.9 Å². The molecule has 0 heterocycles. The summed E-state index contributed by atoms with van der Waals surface area (Å²) in [7, 11) is -3.17. The number of halogens is 1. The molecule has 2 saturated carbocycles. The van der Waals surface area contributed by atoms with Crippen molar-refractivity contribution in [2.75, 3.05) is 11.6 Å². The first kappa shape index (κ1) is 14.6. The lowest BCUT2D eigenvalue weighted by Crippen LogP contribution is -2.47. The predicted molar refractivity (Wildman–Crippen MR) is 75.3 cm³/mol. The summed E-state index contributed by atoms with van der Waals surface area (Å²) in [4.78, 5) is 0. The van der Waals surface area contributed by atoms with Gasteiger partial charge in [-0.2, -0.15) is 0 Å². The fraction of sp³-hybridized carbons (Fsp3) is 1.00. The van der Waals surface area contributed by atoms with Gasteiger partial charge in [-0.05, 0) is 42.4 Å². The van der Waals surface area contributed by atoms with E-state index in [-0.39, 0.29) is 22.6 Å². The Morgan fingerprint density at radius 3 is 2.44 bits per heavy atom. The number of nitrogens with one attached hydrogen (secondary N) is 1. The zero-order valence-electron chi connectivity index (χ0n) is 11.5. The summed E-state index contributed by atoms with van der Waals surface area (Å²) in [5.41, 5.74) is 0.346. The van der Waals surface area contributed by atoms with Gasteiger partial charge < -0.3 is 0 Å². The largest absolute Gasteiger partial charge is 0.212 e. The predicted octanol–water partition coefficient (Wildman–Crippen LogP) is 2.75. The van der Waals surface area contributed by atoms with Gasteiger partial charge in [-0.1, -0.05) is 20.8 Å². The van der Waals surface area contributed by atoms with Crippen LogP contribution in [0.1, 0.15) is 46.5 Å². The zero-order valence-corrected chi connectivity index (χ0v) is 13.1. The third kappa shape index (κ3) is 2.20. The number of hydrogen-bond acceptors (Lipinski definition) is 2. The summed E-state index contributed by atoms with van der Waals surface area (Å²) in [5, 5.41) is 0. The molecule has 0 aromatic heterocycles. The molecule has 0 aromatic rings. The Morgan fingerprint density at radius 1 is 1.33 bits per heavy atom. The maximum atomic E-state index is 12.0. The molecule has 3 nitrogen and oxygen atoms in total.